The molecule has 0 amide bonds. The molecular formula is C13H8BrCl2NO4S. The fraction of sp³-hybridized carbons (Fsp3) is 0.0769. The van der Waals surface area contributed by atoms with Crippen molar-refractivity contribution in [2.75, 3.05) is 0 Å². The van der Waals surface area contributed by atoms with Crippen molar-refractivity contribution in [1.82, 2.24) is 4.98 Å². The molecule has 0 fully saturated rings. The van der Waals surface area contributed by atoms with E-state index in [0.29, 0.717) is 4.47 Å². The molecule has 1 aromatic heterocycles. The minimum Gasteiger partial charge on any atom is -0.378 e. The number of pyridine rings is 1. The summed E-state index contributed by atoms with van der Waals surface area (Å²) in [5, 5.41) is 0.0543. The second-order valence-electron chi connectivity index (χ2n) is 4.18. The van der Waals surface area contributed by atoms with E-state index in [1.165, 1.54) is 37.4 Å². The highest BCUT2D eigenvalue weighted by Gasteiger charge is 2.24. The van der Waals surface area contributed by atoms with Gasteiger partial charge < -0.3 is 4.18 Å². The number of ketones is 1. The Kier molecular flexibility index (Phi) is 5.11. The van der Waals surface area contributed by atoms with Gasteiger partial charge in [0.15, 0.2) is 16.7 Å². The highest BCUT2D eigenvalue weighted by Crippen LogP contribution is 2.29. The predicted octanol–water partition coefficient (Wildman–Crippen LogP) is 4.12. The van der Waals surface area contributed by atoms with Crippen molar-refractivity contribution in [2.24, 2.45) is 0 Å². The topological polar surface area (TPSA) is 73.3 Å². The molecule has 1 heterocycles. The van der Waals surface area contributed by atoms with Crippen molar-refractivity contribution < 1.29 is 17.4 Å². The second-order valence-corrected chi connectivity index (χ2v) is 7.40. The summed E-state index contributed by atoms with van der Waals surface area (Å²) in [6.45, 7) is 1.28. The number of carbonyl (C=O) groups excluding carboxylic acids is 1. The number of hydrogen-bond acceptors (Lipinski definition) is 5. The summed E-state index contributed by atoms with van der Waals surface area (Å²) in [6, 6.07) is 5.30. The minimum atomic E-state index is -4.26. The molecule has 0 saturated heterocycles. The second kappa shape index (κ2) is 6.54. The molecule has 0 atom stereocenters. The molecule has 0 aliphatic heterocycles. The minimum absolute atomic E-state index is 0.0511. The molecule has 22 heavy (non-hydrogen) atoms. The average Bonchev–Trinajstić information content (AvgIpc) is 2.43. The van der Waals surface area contributed by atoms with Gasteiger partial charge in [-0.2, -0.15) is 8.42 Å². The van der Waals surface area contributed by atoms with Gasteiger partial charge in [-0.3, -0.25) is 4.79 Å². The molecule has 0 spiro atoms. The van der Waals surface area contributed by atoms with Crippen molar-refractivity contribution in [2.45, 2.75) is 11.8 Å². The Morgan fingerprint density at radius 3 is 2.59 bits per heavy atom. The van der Waals surface area contributed by atoms with Crippen molar-refractivity contribution in [3.63, 3.8) is 0 Å². The zero-order valence-corrected chi connectivity index (χ0v) is 14.9. The van der Waals surface area contributed by atoms with Crippen LogP contribution in [0, 0.1) is 0 Å². The van der Waals surface area contributed by atoms with Gasteiger partial charge in [0.1, 0.15) is 4.90 Å². The van der Waals surface area contributed by atoms with Gasteiger partial charge in [0.05, 0.1) is 5.56 Å². The van der Waals surface area contributed by atoms with Crippen LogP contribution < -0.4 is 4.18 Å². The summed E-state index contributed by atoms with van der Waals surface area (Å²) in [6.07, 6.45) is 1.35. The lowest BCUT2D eigenvalue weighted by atomic mass is 10.1. The van der Waals surface area contributed by atoms with Crippen LogP contribution in [0.4, 0.5) is 0 Å². The number of nitrogens with zero attached hydrogens (tertiary/aromatic N) is 1. The Morgan fingerprint density at radius 2 is 1.95 bits per heavy atom. The van der Waals surface area contributed by atoms with Gasteiger partial charge in [-0.05, 0) is 47.1 Å². The van der Waals surface area contributed by atoms with Gasteiger partial charge in [0.2, 0.25) is 0 Å². The molecule has 0 N–H and O–H groups in total. The van der Waals surface area contributed by atoms with E-state index in [1.807, 2.05) is 0 Å². The quantitative estimate of drug-likeness (QED) is 0.419. The van der Waals surface area contributed by atoms with Crippen LogP contribution in [0.3, 0.4) is 0 Å². The van der Waals surface area contributed by atoms with E-state index in [9.17, 15) is 13.2 Å². The monoisotopic (exact) mass is 423 g/mol. The number of rotatable bonds is 4. The number of aromatic nitrogens is 1. The fourth-order valence-corrected chi connectivity index (χ4v) is 3.64. The van der Waals surface area contributed by atoms with Gasteiger partial charge >= 0.3 is 10.1 Å². The summed E-state index contributed by atoms with van der Waals surface area (Å²) in [4.78, 5) is 15.0. The molecule has 2 rings (SSSR count). The Bertz CT molecular complexity index is 855. The van der Waals surface area contributed by atoms with Gasteiger partial charge in [0.25, 0.3) is 0 Å². The average molecular weight is 425 g/mol. The van der Waals surface area contributed by atoms with Crippen LogP contribution >= 0.6 is 39.1 Å². The Morgan fingerprint density at radius 1 is 1.27 bits per heavy atom. The molecular weight excluding hydrogens is 417 g/mol. The highest BCUT2D eigenvalue weighted by molar-refractivity contribution is 9.10. The molecule has 0 aliphatic carbocycles. The first-order valence-corrected chi connectivity index (χ1v) is 8.72. The van der Waals surface area contributed by atoms with E-state index in [2.05, 4.69) is 20.9 Å². The Hall–Kier alpha value is -1.15. The summed E-state index contributed by atoms with van der Waals surface area (Å²) < 4.78 is 30.1. The molecule has 5 nitrogen and oxygen atoms in total. The number of carbonyl (C=O) groups is 1. The molecule has 0 unspecified atom stereocenters. The van der Waals surface area contributed by atoms with Crippen molar-refractivity contribution in [3.8, 4) is 5.75 Å². The molecule has 116 valence electrons. The van der Waals surface area contributed by atoms with E-state index >= 15 is 0 Å². The van der Waals surface area contributed by atoms with E-state index in [0.717, 1.165) is 0 Å². The summed E-state index contributed by atoms with van der Waals surface area (Å²) in [5.74, 6) is -0.515. The van der Waals surface area contributed by atoms with Gasteiger partial charge in [0, 0.05) is 15.7 Å². The lowest BCUT2D eigenvalue weighted by Crippen LogP contribution is -2.13. The first kappa shape index (κ1) is 17.2. The summed E-state index contributed by atoms with van der Waals surface area (Å²) in [5.41, 5.74) is 0.0511. The van der Waals surface area contributed by atoms with Crippen LogP contribution in [0.2, 0.25) is 10.2 Å². The van der Waals surface area contributed by atoms with Crippen LogP contribution in [0.5, 0.6) is 5.75 Å². The third-order valence-corrected chi connectivity index (χ3v) is 4.89. The molecule has 0 aliphatic rings. The van der Waals surface area contributed by atoms with Gasteiger partial charge in [-0.25, -0.2) is 4.98 Å². The highest BCUT2D eigenvalue weighted by atomic mass is 79.9. The summed E-state index contributed by atoms with van der Waals surface area (Å²) >= 11 is 14.7. The van der Waals surface area contributed by atoms with Gasteiger partial charge in [-0.1, -0.05) is 23.2 Å². The van der Waals surface area contributed by atoms with Gasteiger partial charge in [-0.15, -0.1) is 0 Å². The fourth-order valence-electron chi connectivity index (χ4n) is 1.59. The maximum Gasteiger partial charge on any atom is 0.342 e. The number of Topliss-reactive ketones (excluding diaryl/α,β-unsaturated/α-hetero) is 1. The number of benzene rings is 1. The summed E-state index contributed by atoms with van der Waals surface area (Å²) in [7, 11) is -4.26. The molecule has 9 heteroatoms. The molecule has 2 aromatic rings. The zero-order chi connectivity index (χ0) is 16.5. The predicted molar refractivity (Wildman–Crippen MR) is 86.2 cm³/mol. The standard InChI is InChI=1S/C13H8BrCl2NO4S/c1-7(18)10-5-9(15)2-3-11(10)21-22(19,20)12-4-8(14)6-17-13(12)16/h2-6H,1H3. The molecule has 1 aromatic carbocycles. The zero-order valence-electron chi connectivity index (χ0n) is 11.0. The SMILES string of the molecule is CC(=O)c1cc(Cl)ccc1OS(=O)(=O)c1cc(Br)cnc1Cl. The van der Waals surface area contributed by atoms with Crippen molar-refractivity contribution in [1.29, 1.82) is 0 Å². The Labute approximate surface area is 145 Å². The van der Waals surface area contributed by atoms with E-state index in [1.54, 1.807) is 0 Å². The number of hydrogen-bond donors (Lipinski definition) is 0. The molecule has 0 radical (unpaired) electrons. The number of halogens is 3. The van der Waals surface area contributed by atoms with Crippen LogP contribution in [-0.2, 0) is 10.1 Å². The molecule has 0 saturated carbocycles. The third kappa shape index (κ3) is 3.78. The smallest absolute Gasteiger partial charge is 0.342 e. The van der Waals surface area contributed by atoms with E-state index in [4.69, 9.17) is 27.4 Å². The Balaban J connectivity index is 2.50. The van der Waals surface area contributed by atoms with Crippen LogP contribution in [0.15, 0.2) is 39.8 Å². The maximum absolute atomic E-state index is 12.3. The lowest BCUT2D eigenvalue weighted by molar-refractivity contribution is 0.101. The van der Waals surface area contributed by atoms with Crippen LogP contribution in [-0.4, -0.2) is 19.2 Å². The maximum atomic E-state index is 12.3. The lowest BCUT2D eigenvalue weighted by Gasteiger charge is -2.11. The van der Waals surface area contributed by atoms with Crippen LogP contribution in [0.1, 0.15) is 17.3 Å². The van der Waals surface area contributed by atoms with E-state index in [-0.39, 0.29) is 32.2 Å². The largest absolute Gasteiger partial charge is 0.378 e. The van der Waals surface area contributed by atoms with Crippen LogP contribution in [0.25, 0.3) is 0 Å². The first-order valence-electron chi connectivity index (χ1n) is 5.77. The normalized spacial score (nSPS) is 11.3. The van der Waals surface area contributed by atoms with Crippen molar-refractivity contribution in [3.05, 3.63) is 50.7 Å². The third-order valence-electron chi connectivity index (χ3n) is 2.56. The molecule has 0 bridgehead atoms. The van der Waals surface area contributed by atoms with Crippen molar-refractivity contribution >= 4 is 55.0 Å². The first-order chi connectivity index (χ1) is 10.2. The van der Waals surface area contributed by atoms with E-state index < -0.39 is 10.1 Å².